The highest BCUT2D eigenvalue weighted by molar-refractivity contribution is 5.66. The van der Waals surface area contributed by atoms with E-state index >= 15 is 0 Å². The lowest BCUT2D eigenvalue weighted by atomic mass is 9.79. The maximum Gasteiger partial charge on any atom is 0.201 e. The molecule has 6 heteroatoms. The highest BCUT2D eigenvalue weighted by Crippen LogP contribution is 2.38. The van der Waals surface area contributed by atoms with Gasteiger partial charge in [-0.05, 0) is 91.8 Å². The smallest absolute Gasteiger partial charge is 0.201 e. The number of hydrogen-bond acceptors (Lipinski definition) is 3. The van der Waals surface area contributed by atoms with E-state index < -0.39 is 11.6 Å². The molecule has 0 saturated heterocycles. The molecule has 0 unspecified atom stereocenters. The van der Waals surface area contributed by atoms with E-state index in [0.717, 1.165) is 38.5 Å². The van der Waals surface area contributed by atoms with Crippen molar-refractivity contribution in [1.29, 1.82) is 0 Å². The fourth-order valence-corrected chi connectivity index (χ4v) is 4.97. The number of hydrogen-bond donors (Lipinski definition) is 0. The summed E-state index contributed by atoms with van der Waals surface area (Å²) in [5, 5.41) is 0. The van der Waals surface area contributed by atoms with E-state index in [1.165, 1.54) is 12.1 Å². The van der Waals surface area contributed by atoms with Crippen molar-refractivity contribution in [3.05, 3.63) is 90.3 Å². The van der Waals surface area contributed by atoms with Crippen LogP contribution in [0.1, 0.15) is 63.4 Å². The number of rotatable bonds is 13. The van der Waals surface area contributed by atoms with E-state index in [1.807, 2.05) is 12.1 Å². The lowest BCUT2D eigenvalue weighted by molar-refractivity contribution is 0.192. The van der Waals surface area contributed by atoms with Gasteiger partial charge in [0.15, 0.2) is 11.6 Å². The molecule has 208 valence electrons. The van der Waals surface area contributed by atoms with Gasteiger partial charge in [0.1, 0.15) is 17.3 Å². The first-order valence-corrected chi connectivity index (χ1v) is 13.9. The summed E-state index contributed by atoms with van der Waals surface area (Å²) >= 11 is 0. The zero-order chi connectivity index (χ0) is 27.6. The fraction of sp³-hybridized carbons (Fsp3) is 0.394. The molecule has 1 aliphatic carbocycles. The number of halogens is 3. The number of ether oxygens (including phenoxy) is 3. The standard InChI is InChI=1S/C33H37F3O3/c1-3-5-19-37-26-13-11-25(12-14-26)29-17-18-31(33(36)32(29)35)39-22-23-7-9-24(10-8-23)28-16-15-27(21-30(28)34)38-20-6-4-2/h4,11-18,21,23-24H,2-3,5-10,19-20,22H2,1H3. The summed E-state index contributed by atoms with van der Waals surface area (Å²) in [4.78, 5) is 0. The van der Waals surface area contributed by atoms with Gasteiger partial charge in [-0.1, -0.05) is 37.6 Å². The van der Waals surface area contributed by atoms with Gasteiger partial charge in [-0.25, -0.2) is 8.78 Å². The molecule has 3 aromatic rings. The minimum atomic E-state index is -0.984. The van der Waals surface area contributed by atoms with Crippen LogP contribution in [-0.4, -0.2) is 19.8 Å². The molecule has 0 aromatic heterocycles. The van der Waals surface area contributed by atoms with Crippen molar-refractivity contribution >= 4 is 0 Å². The molecule has 0 radical (unpaired) electrons. The molecule has 0 spiro atoms. The van der Waals surface area contributed by atoms with Gasteiger partial charge in [-0.3, -0.25) is 0 Å². The first-order valence-electron chi connectivity index (χ1n) is 13.9. The summed E-state index contributed by atoms with van der Waals surface area (Å²) < 4.78 is 61.4. The van der Waals surface area contributed by atoms with E-state index in [2.05, 4.69) is 13.5 Å². The van der Waals surface area contributed by atoms with Crippen LogP contribution >= 0.6 is 0 Å². The first-order chi connectivity index (χ1) is 19.0. The molecule has 1 aliphatic rings. The van der Waals surface area contributed by atoms with Gasteiger partial charge in [0.05, 0.1) is 19.8 Å². The Hall–Kier alpha value is -3.41. The molecule has 0 amide bonds. The van der Waals surface area contributed by atoms with Crippen LogP contribution in [0, 0.1) is 23.4 Å². The molecular weight excluding hydrogens is 501 g/mol. The second-order valence-electron chi connectivity index (χ2n) is 10.1. The van der Waals surface area contributed by atoms with Crippen LogP contribution in [0.2, 0.25) is 0 Å². The average Bonchev–Trinajstić information content (AvgIpc) is 2.95. The minimum absolute atomic E-state index is 0.0871. The second-order valence-corrected chi connectivity index (χ2v) is 10.1. The molecule has 4 rings (SSSR count). The van der Waals surface area contributed by atoms with Crippen molar-refractivity contribution in [3.63, 3.8) is 0 Å². The van der Waals surface area contributed by atoms with Crippen LogP contribution in [0.3, 0.4) is 0 Å². The summed E-state index contributed by atoms with van der Waals surface area (Å²) in [6, 6.07) is 15.1. The summed E-state index contributed by atoms with van der Waals surface area (Å²) in [7, 11) is 0. The van der Waals surface area contributed by atoms with E-state index in [4.69, 9.17) is 14.2 Å². The van der Waals surface area contributed by atoms with Gasteiger partial charge in [0.2, 0.25) is 5.82 Å². The van der Waals surface area contributed by atoms with Gasteiger partial charge < -0.3 is 14.2 Å². The molecule has 1 saturated carbocycles. The zero-order valence-corrected chi connectivity index (χ0v) is 22.6. The summed E-state index contributed by atoms with van der Waals surface area (Å²) in [5.74, 6) is -0.693. The Bertz CT molecular complexity index is 1220. The lowest BCUT2D eigenvalue weighted by Crippen LogP contribution is -2.20. The Balaban J connectivity index is 1.29. The molecule has 0 bridgehead atoms. The SMILES string of the molecule is C=CCCOc1ccc(C2CCC(COc3ccc(-c4ccc(OCCCC)cc4)c(F)c3F)CC2)c(F)c1. The molecule has 0 aliphatic heterocycles. The van der Waals surface area contributed by atoms with Crippen LogP contribution in [0.15, 0.2) is 67.3 Å². The maximum atomic E-state index is 14.9. The van der Waals surface area contributed by atoms with Crippen molar-refractivity contribution in [2.24, 2.45) is 5.92 Å². The summed E-state index contributed by atoms with van der Waals surface area (Å²) in [6.45, 7) is 7.14. The molecule has 39 heavy (non-hydrogen) atoms. The highest BCUT2D eigenvalue weighted by Gasteiger charge is 2.26. The number of unbranched alkanes of at least 4 members (excludes halogenated alkanes) is 1. The predicted octanol–water partition coefficient (Wildman–Crippen LogP) is 9.26. The molecule has 3 aromatic carbocycles. The summed E-state index contributed by atoms with van der Waals surface area (Å²) in [5.41, 5.74) is 1.46. The third kappa shape index (κ3) is 7.59. The predicted molar refractivity (Wildman–Crippen MR) is 149 cm³/mol. The van der Waals surface area contributed by atoms with Crippen LogP contribution in [0.5, 0.6) is 17.2 Å². The van der Waals surface area contributed by atoms with Crippen molar-refractivity contribution in [3.8, 4) is 28.4 Å². The molecule has 0 atom stereocenters. The first kappa shape index (κ1) is 28.6. The van der Waals surface area contributed by atoms with E-state index in [-0.39, 0.29) is 29.0 Å². The molecule has 3 nitrogen and oxygen atoms in total. The third-order valence-electron chi connectivity index (χ3n) is 7.30. The quantitative estimate of drug-likeness (QED) is 0.160. The van der Waals surface area contributed by atoms with Gasteiger partial charge in [-0.2, -0.15) is 4.39 Å². The van der Waals surface area contributed by atoms with Gasteiger partial charge in [0.25, 0.3) is 0 Å². The van der Waals surface area contributed by atoms with E-state index in [9.17, 15) is 13.2 Å². The van der Waals surface area contributed by atoms with Crippen molar-refractivity contribution < 1.29 is 27.4 Å². The monoisotopic (exact) mass is 538 g/mol. The Morgan fingerprint density at radius 1 is 0.821 bits per heavy atom. The summed E-state index contributed by atoms with van der Waals surface area (Å²) in [6.07, 6.45) is 7.76. The van der Waals surface area contributed by atoms with Gasteiger partial charge in [-0.15, -0.1) is 6.58 Å². The van der Waals surface area contributed by atoms with E-state index in [1.54, 1.807) is 36.4 Å². The lowest BCUT2D eigenvalue weighted by Gasteiger charge is -2.29. The Labute approximate surface area is 229 Å². The normalized spacial score (nSPS) is 17.0. The zero-order valence-electron chi connectivity index (χ0n) is 22.6. The van der Waals surface area contributed by atoms with Crippen LogP contribution in [0.25, 0.3) is 11.1 Å². The van der Waals surface area contributed by atoms with E-state index in [0.29, 0.717) is 48.9 Å². The molecule has 0 heterocycles. The van der Waals surface area contributed by atoms with Crippen LogP contribution in [-0.2, 0) is 0 Å². The fourth-order valence-electron chi connectivity index (χ4n) is 4.97. The average molecular weight is 539 g/mol. The van der Waals surface area contributed by atoms with Crippen molar-refractivity contribution in [2.75, 3.05) is 19.8 Å². The van der Waals surface area contributed by atoms with Gasteiger partial charge >= 0.3 is 0 Å². The number of benzene rings is 3. The van der Waals surface area contributed by atoms with Crippen molar-refractivity contribution in [1.82, 2.24) is 0 Å². The minimum Gasteiger partial charge on any atom is -0.494 e. The largest absolute Gasteiger partial charge is 0.494 e. The topological polar surface area (TPSA) is 27.7 Å². The third-order valence-corrected chi connectivity index (χ3v) is 7.30. The van der Waals surface area contributed by atoms with Gasteiger partial charge in [0, 0.05) is 11.6 Å². The van der Waals surface area contributed by atoms with Crippen LogP contribution in [0.4, 0.5) is 13.2 Å². The highest BCUT2D eigenvalue weighted by atomic mass is 19.2. The molecule has 1 fully saturated rings. The van der Waals surface area contributed by atoms with Crippen LogP contribution < -0.4 is 14.2 Å². The second kappa shape index (κ2) is 14.1. The molecular formula is C33H37F3O3. The maximum absolute atomic E-state index is 14.9. The Kier molecular flexibility index (Phi) is 10.3. The Morgan fingerprint density at radius 3 is 2.23 bits per heavy atom. The van der Waals surface area contributed by atoms with Crippen molar-refractivity contribution in [2.45, 2.75) is 57.8 Å². The Morgan fingerprint density at radius 2 is 1.54 bits per heavy atom. The molecule has 0 N–H and O–H groups in total.